The Balaban J connectivity index is 2.00. The van der Waals surface area contributed by atoms with Crippen molar-refractivity contribution < 1.29 is 19.4 Å². The molecule has 96 valence electrons. The van der Waals surface area contributed by atoms with Gasteiger partial charge in [0.15, 0.2) is 0 Å². The zero-order valence-electron chi connectivity index (χ0n) is 9.89. The van der Waals surface area contributed by atoms with Crippen LogP contribution in [0.15, 0.2) is 24.3 Å². The fraction of sp³-hybridized carbons (Fsp3) is 0.385. The van der Waals surface area contributed by atoms with Gasteiger partial charge in [-0.1, -0.05) is 18.2 Å². The molecule has 0 aliphatic carbocycles. The quantitative estimate of drug-likeness (QED) is 0.828. The molecular formula is C13H15NO4. The van der Waals surface area contributed by atoms with Crippen LogP contribution < -0.4 is 5.32 Å². The first-order chi connectivity index (χ1) is 8.66. The van der Waals surface area contributed by atoms with Crippen LogP contribution in [-0.2, 0) is 16.0 Å². The van der Waals surface area contributed by atoms with E-state index in [2.05, 4.69) is 5.32 Å². The molecule has 1 aliphatic heterocycles. The molecule has 1 aromatic carbocycles. The van der Waals surface area contributed by atoms with Gasteiger partial charge < -0.3 is 15.2 Å². The second-order valence-electron chi connectivity index (χ2n) is 4.27. The van der Waals surface area contributed by atoms with Crippen LogP contribution in [-0.4, -0.2) is 36.2 Å². The summed E-state index contributed by atoms with van der Waals surface area (Å²) in [5.41, 5.74) is 0.705. The van der Waals surface area contributed by atoms with Crippen LogP contribution in [0.4, 0.5) is 0 Å². The van der Waals surface area contributed by atoms with Crippen LogP contribution in [0.25, 0.3) is 0 Å². The van der Waals surface area contributed by atoms with Crippen molar-refractivity contribution in [1.29, 1.82) is 0 Å². The third-order valence-corrected chi connectivity index (χ3v) is 2.89. The minimum atomic E-state index is -1.01. The number of hydrogen-bond acceptors (Lipinski definition) is 3. The molecule has 2 rings (SSSR count). The maximum absolute atomic E-state index is 11.8. The van der Waals surface area contributed by atoms with E-state index in [-0.39, 0.29) is 23.9 Å². The Morgan fingerprint density at radius 2 is 2.17 bits per heavy atom. The third-order valence-electron chi connectivity index (χ3n) is 2.89. The highest BCUT2D eigenvalue weighted by molar-refractivity contribution is 5.91. The number of hydrogen-bond donors (Lipinski definition) is 2. The normalized spacial score (nSPS) is 18.6. The molecule has 2 N–H and O–H groups in total. The highest BCUT2D eigenvalue weighted by Gasteiger charge is 2.19. The standard InChI is InChI=1S/C13H15NO4/c15-12(14-10-5-6-18-8-10)7-9-3-1-2-4-11(9)13(16)17/h1-4,10H,5-8H2,(H,14,15)(H,16,17). The molecule has 0 aromatic heterocycles. The second-order valence-corrected chi connectivity index (χ2v) is 4.27. The summed E-state index contributed by atoms with van der Waals surface area (Å²) in [7, 11) is 0. The molecule has 1 aromatic rings. The predicted octanol–water partition coefficient (Wildman–Crippen LogP) is 0.832. The van der Waals surface area contributed by atoms with Crippen LogP contribution in [0.3, 0.4) is 0 Å². The lowest BCUT2D eigenvalue weighted by atomic mass is 10.0. The van der Waals surface area contributed by atoms with Crippen molar-refractivity contribution >= 4 is 11.9 Å². The highest BCUT2D eigenvalue weighted by atomic mass is 16.5. The van der Waals surface area contributed by atoms with Gasteiger partial charge in [0.25, 0.3) is 0 Å². The fourth-order valence-corrected chi connectivity index (χ4v) is 1.98. The van der Waals surface area contributed by atoms with Crippen molar-refractivity contribution in [3.8, 4) is 0 Å². The number of rotatable bonds is 4. The Bertz CT molecular complexity index is 452. The highest BCUT2D eigenvalue weighted by Crippen LogP contribution is 2.10. The summed E-state index contributed by atoms with van der Waals surface area (Å²) in [5, 5.41) is 11.8. The van der Waals surface area contributed by atoms with Crippen molar-refractivity contribution in [2.45, 2.75) is 18.9 Å². The van der Waals surface area contributed by atoms with Crippen molar-refractivity contribution in [1.82, 2.24) is 5.32 Å². The summed E-state index contributed by atoms with van der Waals surface area (Å²) in [4.78, 5) is 22.8. The van der Waals surface area contributed by atoms with Gasteiger partial charge in [-0.2, -0.15) is 0 Å². The molecule has 1 saturated heterocycles. The first-order valence-corrected chi connectivity index (χ1v) is 5.85. The smallest absolute Gasteiger partial charge is 0.335 e. The van der Waals surface area contributed by atoms with E-state index in [0.29, 0.717) is 18.8 Å². The molecule has 0 saturated carbocycles. The zero-order valence-corrected chi connectivity index (χ0v) is 9.89. The molecule has 0 radical (unpaired) electrons. The molecule has 1 fully saturated rings. The van der Waals surface area contributed by atoms with Crippen LogP contribution >= 0.6 is 0 Å². The molecule has 1 atom stereocenters. The van der Waals surface area contributed by atoms with Gasteiger partial charge in [-0.15, -0.1) is 0 Å². The van der Waals surface area contributed by atoms with Gasteiger partial charge in [-0.25, -0.2) is 4.79 Å². The number of nitrogens with one attached hydrogen (secondary N) is 1. The Morgan fingerprint density at radius 1 is 1.39 bits per heavy atom. The van der Waals surface area contributed by atoms with E-state index in [0.717, 1.165) is 6.42 Å². The van der Waals surface area contributed by atoms with Crippen molar-refractivity contribution in [3.63, 3.8) is 0 Å². The van der Waals surface area contributed by atoms with E-state index in [9.17, 15) is 9.59 Å². The molecular weight excluding hydrogens is 234 g/mol. The van der Waals surface area contributed by atoms with E-state index in [4.69, 9.17) is 9.84 Å². The molecule has 5 heteroatoms. The van der Waals surface area contributed by atoms with E-state index in [1.807, 2.05) is 0 Å². The molecule has 18 heavy (non-hydrogen) atoms. The summed E-state index contributed by atoms with van der Waals surface area (Å²) in [6.07, 6.45) is 0.894. The van der Waals surface area contributed by atoms with E-state index in [1.54, 1.807) is 18.2 Å². The maximum atomic E-state index is 11.8. The lowest BCUT2D eigenvalue weighted by Gasteiger charge is -2.11. The van der Waals surface area contributed by atoms with Crippen molar-refractivity contribution in [2.75, 3.05) is 13.2 Å². The number of carbonyl (C=O) groups is 2. The number of amides is 1. The first-order valence-electron chi connectivity index (χ1n) is 5.85. The van der Waals surface area contributed by atoms with Gasteiger partial charge in [-0.05, 0) is 18.1 Å². The Labute approximate surface area is 105 Å². The van der Waals surface area contributed by atoms with Gasteiger partial charge in [0.1, 0.15) is 0 Å². The summed E-state index contributed by atoms with van der Waals surface area (Å²) >= 11 is 0. The molecule has 1 amide bonds. The monoisotopic (exact) mass is 249 g/mol. The second kappa shape index (κ2) is 5.64. The lowest BCUT2D eigenvalue weighted by molar-refractivity contribution is -0.121. The van der Waals surface area contributed by atoms with Crippen LogP contribution in [0.5, 0.6) is 0 Å². The SMILES string of the molecule is O=C(Cc1ccccc1C(=O)O)NC1CCOC1. The number of carboxylic acids is 1. The van der Waals surface area contributed by atoms with Crippen LogP contribution in [0.2, 0.25) is 0 Å². The number of carbonyl (C=O) groups excluding carboxylic acids is 1. The number of carboxylic acid groups (broad SMARTS) is 1. The summed E-state index contributed by atoms with van der Waals surface area (Å²) in [6, 6.07) is 6.59. The molecule has 0 spiro atoms. The van der Waals surface area contributed by atoms with Gasteiger partial charge in [0.05, 0.1) is 24.6 Å². The van der Waals surface area contributed by atoms with Gasteiger partial charge >= 0.3 is 5.97 Å². The van der Waals surface area contributed by atoms with Crippen molar-refractivity contribution in [3.05, 3.63) is 35.4 Å². The van der Waals surface area contributed by atoms with E-state index >= 15 is 0 Å². The maximum Gasteiger partial charge on any atom is 0.335 e. The Kier molecular flexibility index (Phi) is 3.94. The number of ether oxygens (including phenoxy) is 1. The lowest BCUT2D eigenvalue weighted by Crippen LogP contribution is -2.36. The molecule has 1 heterocycles. The number of benzene rings is 1. The molecule has 1 unspecified atom stereocenters. The van der Waals surface area contributed by atoms with Gasteiger partial charge in [-0.3, -0.25) is 4.79 Å². The van der Waals surface area contributed by atoms with Crippen molar-refractivity contribution in [2.24, 2.45) is 0 Å². The van der Waals surface area contributed by atoms with E-state index in [1.165, 1.54) is 6.07 Å². The zero-order chi connectivity index (χ0) is 13.0. The summed E-state index contributed by atoms with van der Waals surface area (Å²) in [5.74, 6) is -1.18. The van der Waals surface area contributed by atoms with Gasteiger partial charge in [0.2, 0.25) is 5.91 Å². The van der Waals surface area contributed by atoms with Crippen LogP contribution in [0, 0.1) is 0 Å². The summed E-state index contributed by atoms with van der Waals surface area (Å²) < 4.78 is 5.16. The minimum absolute atomic E-state index is 0.0505. The minimum Gasteiger partial charge on any atom is -0.478 e. The third kappa shape index (κ3) is 3.07. The first kappa shape index (κ1) is 12.6. The van der Waals surface area contributed by atoms with Crippen LogP contribution in [0.1, 0.15) is 22.3 Å². The number of aromatic carboxylic acids is 1. The largest absolute Gasteiger partial charge is 0.478 e. The van der Waals surface area contributed by atoms with E-state index < -0.39 is 5.97 Å². The van der Waals surface area contributed by atoms with Gasteiger partial charge in [0, 0.05) is 6.61 Å². The average molecular weight is 249 g/mol. The topological polar surface area (TPSA) is 75.6 Å². The molecule has 0 bridgehead atoms. The molecule has 5 nitrogen and oxygen atoms in total. The average Bonchev–Trinajstić information content (AvgIpc) is 2.82. The molecule has 1 aliphatic rings. The predicted molar refractivity (Wildman–Crippen MR) is 64.5 cm³/mol. The fourth-order valence-electron chi connectivity index (χ4n) is 1.98. The summed E-state index contributed by atoms with van der Waals surface area (Å²) in [6.45, 7) is 1.20. The Hall–Kier alpha value is -1.88. The Morgan fingerprint density at radius 3 is 2.83 bits per heavy atom.